The van der Waals surface area contributed by atoms with Crippen LogP contribution in [0.3, 0.4) is 0 Å². The fourth-order valence-corrected chi connectivity index (χ4v) is 1.21. The first-order valence-electron chi connectivity index (χ1n) is 4.55. The predicted octanol–water partition coefficient (Wildman–Crippen LogP) is 2.81. The molecule has 1 aromatic carbocycles. The van der Waals surface area contributed by atoms with Crippen molar-refractivity contribution >= 4 is 21.7 Å². The summed E-state index contributed by atoms with van der Waals surface area (Å²) in [6.45, 7) is 2.27. The summed E-state index contributed by atoms with van der Waals surface area (Å²) in [7, 11) is 0. The summed E-state index contributed by atoms with van der Waals surface area (Å²) < 4.78 is 5.39. The van der Waals surface area contributed by atoms with Gasteiger partial charge in [-0.05, 0) is 19.1 Å². The molecule has 0 saturated carbocycles. The summed E-state index contributed by atoms with van der Waals surface area (Å²) in [5.74, 6) is 0.975. The molecule has 0 aliphatic rings. The number of hydrogen-bond donors (Lipinski definition) is 0. The largest absolute Gasteiger partial charge is 0.493 e. The smallest absolute Gasteiger partial charge is 0.149 e. The van der Waals surface area contributed by atoms with Crippen LogP contribution in [0.5, 0.6) is 5.75 Å². The van der Waals surface area contributed by atoms with Gasteiger partial charge in [-0.1, -0.05) is 34.1 Å². The highest BCUT2D eigenvalue weighted by Gasteiger charge is 2.08. The van der Waals surface area contributed by atoms with Crippen LogP contribution in [0.1, 0.15) is 13.3 Å². The molecular weight excluding hydrogens is 244 g/mol. The number of halogens is 1. The third kappa shape index (κ3) is 3.92. The Morgan fingerprint density at radius 3 is 2.64 bits per heavy atom. The van der Waals surface area contributed by atoms with Gasteiger partial charge in [0.25, 0.3) is 0 Å². The number of Topliss-reactive ketones (excluding diaryl/α,β-unsaturated/α-hetero) is 1. The average Bonchev–Trinajstić information content (AvgIpc) is 2.19. The van der Waals surface area contributed by atoms with Crippen LogP contribution in [0.25, 0.3) is 0 Å². The molecule has 14 heavy (non-hydrogen) atoms. The molecule has 1 atom stereocenters. The van der Waals surface area contributed by atoms with Crippen LogP contribution in [0.4, 0.5) is 0 Å². The summed E-state index contributed by atoms with van der Waals surface area (Å²) in [5.41, 5.74) is 0. The summed E-state index contributed by atoms with van der Waals surface area (Å²) in [6, 6.07) is 9.50. The number of carbonyl (C=O) groups is 1. The fourth-order valence-electron chi connectivity index (χ4n) is 0.985. The van der Waals surface area contributed by atoms with Crippen LogP contribution in [-0.2, 0) is 4.79 Å². The van der Waals surface area contributed by atoms with Gasteiger partial charge in [0, 0.05) is 6.42 Å². The Hall–Kier alpha value is -0.830. The number of benzene rings is 1. The van der Waals surface area contributed by atoms with E-state index >= 15 is 0 Å². The van der Waals surface area contributed by atoms with E-state index in [0.29, 0.717) is 13.0 Å². The summed E-state index contributed by atoms with van der Waals surface area (Å²) >= 11 is 3.22. The lowest BCUT2D eigenvalue weighted by atomic mass is 10.2. The normalized spacial score (nSPS) is 12.1. The van der Waals surface area contributed by atoms with Crippen molar-refractivity contribution in [2.45, 2.75) is 18.2 Å². The molecule has 1 aromatic rings. The van der Waals surface area contributed by atoms with Gasteiger partial charge in [0.1, 0.15) is 11.5 Å². The van der Waals surface area contributed by atoms with Gasteiger partial charge >= 0.3 is 0 Å². The molecule has 76 valence electrons. The van der Waals surface area contributed by atoms with Gasteiger partial charge in [-0.3, -0.25) is 4.79 Å². The Kier molecular flexibility index (Phi) is 4.66. The zero-order chi connectivity index (χ0) is 10.4. The Labute approximate surface area is 92.4 Å². The van der Waals surface area contributed by atoms with Gasteiger partial charge in [-0.25, -0.2) is 0 Å². The molecule has 0 amide bonds. The molecule has 0 spiro atoms. The highest BCUT2D eigenvalue weighted by Crippen LogP contribution is 2.09. The van der Waals surface area contributed by atoms with E-state index in [1.165, 1.54) is 0 Å². The first-order chi connectivity index (χ1) is 6.70. The second-order valence-corrected chi connectivity index (χ2v) is 4.37. The van der Waals surface area contributed by atoms with E-state index in [0.717, 1.165) is 5.75 Å². The minimum atomic E-state index is -0.0816. The van der Waals surface area contributed by atoms with Gasteiger partial charge in [-0.15, -0.1) is 0 Å². The van der Waals surface area contributed by atoms with Crippen molar-refractivity contribution in [2.24, 2.45) is 0 Å². The fraction of sp³-hybridized carbons (Fsp3) is 0.364. The number of ether oxygens (including phenoxy) is 1. The van der Waals surface area contributed by atoms with Crippen molar-refractivity contribution < 1.29 is 9.53 Å². The molecule has 0 N–H and O–H groups in total. The minimum Gasteiger partial charge on any atom is -0.493 e. The molecular formula is C11H13BrO2. The molecule has 0 aliphatic carbocycles. The molecule has 0 aliphatic heterocycles. The highest BCUT2D eigenvalue weighted by atomic mass is 79.9. The second kappa shape index (κ2) is 5.81. The van der Waals surface area contributed by atoms with Gasteiger partial charge in [0.05, 0.1) is 11.4 Å². The first kappa shape index (κ1) is 11.2. The van der Waals surface area contributed by atoms with Crippen LogP contribution in [0.15, 0.2) is 30.3 Å². The zero-order valence-electron chi connectivity index (χ0n) is 8.07. The van der Waals surface area contributed by atoms with Crippen molar-refractivity contribution in [3.8, 4) is 5.75 Å². The number of rotatable bonds is 5. The lowest BCUT2D eigenvalue weighted by molar-refractivity contribution is -0.118. The second-order valence-electron chi connectivity index (χ2n) is 2.99. The van der Waals surface area contributed by atoms with Crippen LogP contribution < -0.4 is 4.74 Å². The van der Waals surface area contributed by atoms with Crippen LogP contribution in [0, 0.1) is 0 Å². The molecule has 0 bridgehead atoms. The lowest BCUT2D eigenvalue weighted by Crippen LogP contribution is -2.13. The number of ketones is 1. The Morgan fingerprint density at radius 2 is 2.07 bits per heavy atom. The SMILES string of the molecule is CC(Br)C(=O)CCOc1ccccc1. The summed E-state index contributed by atoms with van der Waals surface area (Å²) in [6.07, 6.45) is 0.446. The van der Waals surface area contributed by atoms with Gasteiger partial charge in [0.2, 0.25) is 0 Å². The molecule has 1 unspecified atom stereocenters. The van der Waals surface area contributed by atoms with Crippen molar-refractivity contribution in [1.82, 2.24) is 0 Å². The van der Waals surface area contributed by atoms with Gasteiger partial charge in [-0.2, -0.15) is 0 Å². The maximum Gasteiger partial charge on any atom is 0.149 e. The quantitative estimate of drug-likeness (QED) is 0.758. The van der Waals surface area contributed by atoms with Crippen molar-refractivity contribution in [3.63, 3.8) is 0 Å². The summed E-state index contributed by atoms with van der Waals surface area (Å²) in [5, 5.41) is 0. The lowest BCUT2D eigenvalue weighted by Gasteiger charge is -2.05. The standard InChI is InChI=1S/C11H13BrO2/c1-9(12)11(13)7-8-14-10-5-3-2-4-6-10/h2-6,9H,7-8H2,1H3. The molecule has 0 aromatic heterocycles. The molecule has 0 fully saturated rings. The van der Waals surface area contributed by atoms with Gasteiger partial charge < -0.3 is 4.74 Å². The first-order valence-corrected chi connectivity index (χ1v) is 5.46. The Morgan fingerprint density at radius 1 is 1.43 bits per heavy atom. The summed E-state index contributed by atoms with van der Waals surface area (Å²) in [4.78, 5) is 11.1. The highest BCUT2D eigenvalue weighted by molar-refractivity contribution is 9.10. The van der Waals surface area contributed by atoms with Crippen LogP contribution >= 0.6 is 15.9 Å². The number of alkyl halides is 1. The van der Waals surface area contributed by atoms with Crippen molar-refractivity contribution in [2.75, 3.05) is 6.61 Å². The van der Waals surface area contributed by atoms with E-state index in [1.807, 2.05) is 37.3 Å². The van der Waals surface area contributed by atoms with E-state index in [4.69, 9.17) is 4.74 Å². The monoisotopic (exact) mass is 256 g/mol. The Bertz CT molecular complexity index is 283. The van der Waals surface area contributed by atoms with Crippen LogP contribution in [-0.4, -0.2) is 17.2 Å². The van der Waals surface area contributed by atoms with E-state index in [-0.39, 0.29) is 10.6 Å². The molecule has 0 saturated heterocycles. The minimum absolute atomic E-state index is 0.0816. The zero-order valence-corrected chi connectivity index (χ0v) is 9.66. The topological polar surface area (TPSA) is 26.3 Å². The third-order valence-corrected chi connectivity index (χ3v) is 2.31. The molecule has 0 radical (unpaired) electrons. The molecule has 3 heteroatoms. The molecule has 0 heterocycles. The predicted molar refractivity (Wildman–Crippen MR) is 60.0 cm³/mol. The van der Waals surface area contributed by atoms with Crippen LogP contribution in [0.2, 0.25) is 0 Å². The maximum absolute atomic E-state index is 11.2. The van der Waals surface area contributed by atoms with E-state index < -0.39 is 0 Å². The van der Waals surface area contributed by atoms with E-state index in [1.54, 1.807) is 0 Å². The van der Waals surface area contributed by atoms with Crippen molar-refractivity contribution in [1.29, 1.82) is 0 Å². The van der Waals surface area contributed by atoms with Crippen molar-refractivity contribution in [3.05, 3.63) is 30.3 Å². The van der Waals surface area contributed by atoms with E-state index in [9.17, 15) is 4.79 Å². The average molecular weight is 257 g/mol. The third-order valence-electron chi connectivity index (χ3n) is 1.80. The molecule has 2 nitrogen and oxygen atoms in total. The van der Waals surface area contributed by atoms with Gasteiger partial charge in [0.15, 0.2) is 0 Å². The number of carbonyl (C=O) groups excluding carboxylic acids is 1. The van der Waals surface area contributed by atoms with E-state index in [2.05, 4.69) is 15.9 Å². The Balaban J connectivity index is 2.26. The maximum atomic E-state index is 11.2. The molecule has 1 rings (SSSR count). The number of para-hydroxylation sites is 1. The number of hydrogen-bond acceptors (Lipinski definition) is 2.